The van der Waals surface area contributed by atoms with Gasteiger partial charge in [0.05, 0.1) is 40.7 Å². The number of hydrogen-bond donors (Lipinski definition) is 0. The van der Waals surface area contributed by atoms with Crippen molar-refractivity contribution in [2.45, 2.75) is 78.4 Å². The Balaban J connectivity index is 2.05. The van der Waals surface area contributed by atoms with Gasteiger partial charge in [-0.3, -0.25) is 0 Å². The van der Waals surface area contributed by atoms with Crippen molar-refractivity contribution in [3.05, 3.63) is 101 Å². The zero-order valence-corrected chi connectivity index (χ0v) is 27.0. The van der Waals surface area contributed by atoms with Crippen molar-refractivity contribution < 1.29 is 14.0 Å². The number of hydrogen-bond acceptors (Lipinski definition) is 4. The molecule has 1 amide bonds. The van der Waals surface area contributed by atoms with Crippen LogP contribution in [0.25, 0.3) is 0 Å². The van der Waals surface area contributed by atoms with Crippen LogP contribution in [0.2, 0.25) is 18.1 Å². The summed E-state index contributed by atoms with van der Waals surface area (Å²) in [5.74, 6) is 0. The topological polar surface area (TPSA) is 51.1 Å². The lowest BCUT2D eigenvalue weighted by molar-refractivity contribution is 0.0407. The van der Waals surface area contributed by atoms with Gasteiger partial charge in [-0.1, -0.05) is 87.5 Å². The third-order valence-electron chi connectivity index (χ3n) is 6.78. The molecule has 208 valence electrons. The molecule has 0 aromatic heterocycles. The summed E-state index contributed by atoms with van der Waals surface area (Å²) >= 11 is 3.43. The molecule has 5 nitrogen and oxygen atoms in total. The molecule has 0 N–H and O–H groups in total. The Kier molecular flexibility index (Phi) is 9.97. The van der Waals surface area contributed by atoms with Crippen LogP contribution < -0.4 is 0 Å². The van der Waals surface area contributed by atoms with E-state index in [9.17, 15) is 4.79 Å². The summed E-state index contributed by atoms with van der Waals surface area (Å²) in [5, 5.41) is 0.115. The fourth-order valence-corrected chi connectivity index (χ4v) is 4.88. The lowest BCUT2D eigenvalue weighted by Gasteiger charge is -2.36. The van der Waals surface area contributed by atoms with Crippen LogP contribution in [0.15, 0.2) is 83.9 Å². The second kappa shape index (κ2) is 12.6. The largest absolute Gasteiger partial charge is 0.443 e. The van der Waals surface area contributed by atoms with Gasteiger partial charge in [-0.25, -0.2) is 13.7 Å². The highest BCUT2D eigenvalue weighted by molar-refractivity contribution is 9.07. The molecule has 39 heavy (non-hydrogen) atoms. The van der Waals surface area contributed by atoms with E-state index in [1.54, 1.807) is 0 Å². The summed E-state index contributed by atoms with van der Waals surface area (Å²) in [7, 11) is -1.93. The van der Waals surface area contributed by atoms with E-state index in [0.717, 1.165) is 33.7 Å². The molecule has 3 rings (SSSR count). The fourth-order valence-electron chi connectivity index (χ4n) is 3.58. The van der Waals surface area contributed by atoms with Crippen LogP contribution in [0.3, 0.4) is 0 Å². The van der Waals surface area contributed by atoms with Crippen molar-refractivity contribution in [2.75, 3.05) is 0 Å². The molecule has 0 unspecified atom stereocenters. The van der Waals surface area contributed by atoms with E-state index in [1.165, 1.54) is 3.93 Å². The fraction of sp³-hybridized carbons (Fsp3) is 0.375. The highest BCUT2D eigenvalue weighted by Crippen LogP contribution is 2.37. The molecule has 3 aromatic rings. The minimum atomic E-state index is -1.93. The highest BCUT2D eigenvalue weighted by Gasteiger charge is 2.37. The molecule has 0 aliphatic carbocycles. The molecular formula is C32H41BrN2O3Si. The van der Waals surface area contributed by atoms with Gasteiger partial charge in [0, 0.05) is 11.1 Å². The second-order valence-corrected chi connectivity index (χ2v) is 17.9. The molecule has 0 spiro atoms. The van der Waals surface area contributed by atoms with Gasteiger partial charge in [0.1, 0.15) is 5.60 Å². The Morgan fingerprint density at radius 1 is 0.872 bits per heavy atom. The molecule has 0 radical (unpaired) electrons. The number of ether oxygens (including phenoxy) is 1. The first kappa shape index (κ1) is 30.8. The Bertz CT molecular complexity index is 1240. The van der Waals surface area contributed by atoms with E-state index in [2.05, 4.69) is 86.4 Å². The normalized spacial score (nSPS) is 12.1. The molecule has 7 heteroatoms. The number of carbonyl (C=O) groups is 1. The quantitative estimate of drug-likeness (QED) is 0.145. The Morgan fingerprint density at radius 3 is 1.90 bits per heavy atom. The number of amides is 1. The van der Waals surface area contributed by atoms with Crippen molar-refractivity contribution in [2.24, 2.45) is 4.99 Å². The molecule has 0 heterocycles. The maximum atomic E-state index is 12.8. The summed E-state index contributed by atoms with van der Waals surface area (Å²) < 4.78 is 13.5. The summed E-state index contributed by atoms with van der Waals surface area (Å²) in [4.78, 5) is 18.0. The summed E-state index contributed by atoms with van der Waals surface area (Å²) in [6.45, 7) is 17.6. The van der Waals surface area contributed by atoms with E-state index < -0.39 is 20.0 Å². The summed E-state index contributed by atoms with van der Waals surface area (Å²) in [6.07, 6.45) is -0.452. The standard InChI is InChI=1S/C32H41BrN2O3Si/c1-31(2,3)38-30(36)35(33)22-27-21-24(23-37-39(7,8)32(4,5)6)19-20-28(27)34-29(25-15-11-9-12-16-25)26-17-13-10-14-18-26/h9-21H,22-23H2,1-8H3. The number of benzene rings is 3. The first-order valence-corrected chi connectivity index (χ1v) is 16.9. The minimum Gasteiger partial charge on any atom is -0.443 e. The molecule has 0 fully saturated rings. The van der Waals surface area contributed by atoms with Crippen LogP contribution in [-0.2, 0) is 22.3 Å². The van der Waals surface area contributed by atoms with Crippen molar-refractivity contribution in [1.82, 2.24) is 3.93 Å². The van der Waals surface area contributed by atoms with Crippen molar-refractivity contribution in [3.8, 4) is 0 Å². The third kappa shape index (κ3) is 8.88. The first-order valence-electron chi connectivity index (χ1n) is 13.3. The summed E-state index contributed by atoms with van der Waals surface area (Å²) in [5.41, 5.74) is 5.00. The van der Waals surface area contributed by atoms with Gasteiger partial charge < -0.3 is 9.16 Å². The Labute approximate surface area is 243 Å². The molecule has 0 saturated heterocycles. The predicted octanol–water partition coefficient (Wildman–Crippen LogP) is 9.42. The van der Waals surface area contributed by atoms with Gasteiger partial charge >= 0.3 is 6.09 Å². The number of carbonyl (C=O) groups excluding carboxylic acids is 1. The van der Waals surface area contributed by atoms with Crippen LogP contribution in [0, 0.1) is 0 Å². The minimum absolute atomic E-state index is 0.115. The maximum absolute atomic E-state index is 12.8. The third-order valence-corrected chi connectivity index (χ3v) is 11.8. The Morgan fingerprint density at radius 2 is 1.41 bits per heavy atom. The van der Waals surface area contributed by atoms with E-state index in [0.29, 0.717) is 6.61 Å². The van der Waals surface area contributed by atoms with Crippen LogP contribution in [-0.4, -0.2) is 29.6 Å². The molecule has 0 saturated carbocycles. The van der Waals surface area contributed by atoms with E-state index in [1.807, 2.05) is 63.2 Å². The second-order valence-electron chi connectivity index (χ2n) is 12.2. The number of rotatable bonds is 8. The highest BCUT2D eigenvalue weighted by atomic mass is 79.9. The molecule has 0 aliphatic heterocycles. The van der Waals surface area contributed by atoms with E-state index in [4.69, 9.17) is 14.2 Å². The van der Waals surface area contributed by atoms with Gasteiger partial charge in [0.2, 0.25) is 0 Å². The van der Waals surface area contributed by atoms with Crippen molar-refractivity contribution in [3.63, 3.8) is 0 Å². The van der Waals surface area contributed by atoms with Crippen molar-refractivity contribution in [1.29, 1.82) is 0 Å². The van der Waals surface area contributed by atoms with E-state index in [-0.39, 0.29) is 11.6 Å². The zero-order valence-electron chi connectivity index (χ0n) is 24.4. The van der Waals surface area contributed by atoms with Gasteiger partial charge in [-0.05, 0) is 62.2 Å². The zero-order chi connectivity index (χ0) is 28.8. The first-order chi connectivity index (χ1) is 18.2. The molecule has 0 aliphatic rings. The Hall–Kier alpha value is -2.74. The number of aliphatic imine (C=N–C) groups is 1. The molecule has 0 atom stereocenters. The van der Waals surface area contributed by atoms with E-state index >= 15 is 0 Å². The number of halogens is 1. The van der Waals surface area contributed by atoms with Gasteiger partial charge in [0.25, 0.3) is 0 Å². The maximum Gasteiger partial charge on any atom is 0.420 e. The van der Waals surface area contributed by atoms with Crippen LogP contribution in [0.5, 0.6) is 0 Å². The predicted molar refractivity (Wildman–Crippen MR) is 167 cm³/mol. The monoisotopic (exact) mass is 608 g/mol. The van der Waals surface area contributed by atoms with Gasteiger partial charge in [-0.15, -0.1) is 0 Å². The van der Waals surface area contributed by atoms with Crippen LogP contribution >= 0.6 is 16.1 Å². The SMILES string of the molecule is CC(C)(C)OC(=O)N(Br)Cc1cc(CO[Si](C)(C)C(C)(C)C)ccc1N=C(c1ccccc1)c1ccccc1. The number of nitrogens with zero attached hydrogens (tertiary/aromatic N) is 2. The van der Waals surface area contributed by atoms with Crippen LogP contribution in [0.4, 0.5) is 10.5 Å². The lowest BCUT2D eigenvalue weighted by atomic mass is 10.0. The van der Waals surface area contributed by atoms with Crippen LogP contribution in [0.1, 0.15) is 63.8 Å². The lowest BCUT2D eigenvalue weighted by Crippen LogP contribution is -2.40. The smallest absolute Gasteiger partial charge is 0.420 e. The molecule has 3 aromatic carbocycles. The van der Waals surface area contributed by atoms with Gasteiger partial charge in [0.15, 0.2) is 8.32 Å². The summed E-state index contributed by atoms with van der Waals surface area (Å²) in [6, 6.07) is 26.4. The average molecular weight is 610 g/mol. The average Bonchev–Trinajstić information content (AvgIpc) is 2.86. The van der Waals surface area contributed by atoms with Crippen molar-refractivity contribution >= 4 is 42.0 Å². The molecule has 0 bridgehead atoms. The molecular weight excluding hydrogens is 568 g/mol. The van der Waals surface area contributed by atoms with Gasteiger partial charge in [-0.2, -0.15) is 0 Å².